The number of aliphatic hydroxyl groups is 1. The van der Waals surface area contributed by atoms with Crippen molar-refractivity contribution in [2.45, 2.75) is 77.5 Å². The smallest absolute Gasteiger partial charge is 0.330 e. The lowest BCUT2D eigenvalue weighted by atomic mass is 10.00. The van der Waals surface area contributed by atoms with Crippen LogP contribution in [0.4, 0.5) is 4.39 Å². The van der Waals surface area contributed by atoms with Crippen molar-refractivity contribution in [3.8, 4) is 0 Å². The SMILES string of the molecule is CC(C)OC(=O)[C@H](C)N[P@](=S)(OCCSC(=O)C(C)(C)C)OC[C@H]1O[C@@H](n2cc(F)c(=O)[nH]c2=O)[C@@H](Cl)[C@@H]1O. The highest BCUT2D eigenvalue weighted by atomic mass is 35.5. The van der Waals surface area contributed by atoms with Gasteiger partial charge in [0.2, 0.25) is 5.82 Å². The van der Waals surface area contributed by atoms with Gasteiger partial charge in [-0.05, 0) is 32.6 Å². The summed E-state index contributed by atoms with van der Waals surface area (Å²) in [6.45, 7) is 6.45. The molecule has 1 saturated heterocycles. The lowest BCUT2D eigenvalue weighted by molar-refractivity contribution is -0.149. The second-order valence-electron chi connectivity index (χ2n) is 9.99. The fraction of sp³-hybridized carbons (Fsp3) is 0.727. The van der Waals surface area contributed by atoms with E-state index in [0.717, 1.165) is 16.3 Å². The second kappa shape index (κ2) is 14.1. The summed E-state index contributed by atoms with van der Waals surface area (Å²) in [6.07, 6.45) is -3.60. The van der Waals surface area contributed by atoms with Crippen LogP contribution in [0.2, 0.25) is 0 Å². The Morgan fingerprint density at radius 3 is 2.56 bits per heavy atom. The highest BCUT2D eigenvalue weighted by Gasteiger charge is 2.45. The van der Waals surface area contributed by atoms with Gasteiger partial charge in [0.25, 0.3) is 12.2 Å². The second-order valence-corrected chi connectivity index (χ2v) is 14.8. The van der Waals surface area contributed by atoms with E-state index < -0.39 is 64.9 Å². The number of aliphatic hydroxyl groups excluding tert-OH is 1. The first-order chi connectivity index (χ1) is 17.9. The zero-order valence-electron chi connectivity index (χ0n) is 22.3. The van der Waals surface area contributed by atoms with Gasteiger partial charge in [0.1, 0.15) is 23.6 Å². The molecule has 0 aromatic carbocycles. The van der Waals surface area contributed by atoms with Crippen LogP contribution in [0.1, 0.15) is 47.8 Å². The number of nitrogens with one attached hydrogen (secondary N) is 2. The number of hydrogen-bond acceptors (Lipinski definition) is 11. The summed E-state index contributed by atoms with van der Waals surface area (Å²) < 4.78 is 37.0. The summed E-state index contributed by atoms with van der Waals surface area (Å²) in [5.74, 6) is -1.57. The first-order valence-corrected chi connectivity index (χ1v) is 16.0. The monoisotopic (exact) mass is 633 g/mol. The number of thioether (sulfide) groups is 1. The van der Waals surface area contributed by atoms with Crippen LogP contribution in [0.25, 0.3) is 0 Å². The van der Waals surface area contributed by atoms with Gasteiger partial charge in [0, 0.05) is 11.2 Å². The first kappa shape index (κ1) is 34.0. The number of halogens is 2. The van der Waals surface area contributed by atoms with Gasteiger partial charge in [-0.1, -0.05) is 32.5 Å². The molecule has 3 N–H and O–H groups in total. The first-order valence-electron chi connectivity index (χ1n) is 12.0. The van der Waals surface area contributed by atoms with Crippen LogP contribution in [0.15, 0.2) is 15.8 Å². The van der Waals surface area contributed by atoms with Crippen LogP contribution in [0.3, 0.4) is 0 Å². The van der Waals surface area contributed by atoms with Crippen LogP contribution in [0, 0.1) is 11.2 Å². The Morgan fingerprint density at radius 1 is 1.33 bits per heavy atom. The van der Waals surface area contributed by atoms with Crippen LogP contribution >= 0.6 is 30.0 Å². The molecule has 39 heavy (non-hydrogen) atoms. The van der Waals surface area contributed by atoms with Crippen molar-refractivity contribution >= 4 is 52.9 Å². The van der Waals surface area contributed by atoms with Crippen LogP contribution in [-0.2, 0) is 39.9 Å². The summed E-state index contributed by atoms with van der Waals surface area (Å²) in [6, 6.07) is -0.923. The topological polar surface area (TPSA) is 158 Å². The fourth-order valence-electron chi connectivity index (χ4n) is 3.13. The Morgan fingerprint density at radius 2 is 1.97 bits per heavy atom. The number of carbonyl (C=O) groups is 2. The predicted molar refractivity (Wildman–Crippen MR) is 148 cm³/mol. The van der Waals surface area contributed by atoms with E-state index in [1.807, 2.05) is 0 Å². The Hall–Kier alpha value is -1.16. The van der Waals surface area contributed by atoms with Crippen molar-refractivity contribution in [2.24, 2.45) is 5.41 Å². The third-order valence-corrected chi connectivity index (χ3v) is 9.53. The van der Waals surface area contributed by atoms with E-state index in [1.54, 1.807) is 39.6 Å². The molecule has 1 aromatic rings. The molecule has 0 unspecified atom stereocenters. The Balaban J connectivity index is 2.14. The van der Waals surface area contributed by atoms with E-state index in [0.29, 0.717) is 6.20 Å². The number of esters is 1. The van der Waals surface area contributed by atoms with E-state index in [4.69, 9.17) is 41.9 Å². The van der Waals surface area contributed by atoms with Crippen molar-refractivity contribution < 1.29 is 37.6 Å². The molecule has 1 aromatic heterocycles. The molecule has 2 rings (SSSR count). The maximum Gasteiger partial charge on any atom is 0.330 e. The average Bonchev–Trinajstić information content (AvgIpc) is 3.10. The third-order valence-electron chi connectivity index (χ3n) is 5.15. The van der Waals surface area contributed by atoms with Gasteiger partial charge in [-0.2, -0.15) is 4.39 Å². The number of rotatable bonds is 12. The van der Waals surface area contributed by atoms with Gasteiger partial charge < -0.3 is 23.6 Å². The van der Waals surface area contributed by atoms with Crippen molar-refractivity contribution in [2.75, 3.05) is 19.0 Å². The highest BCUT2D eigenvalue weighted by Crippen LogP contribution is 2.46. The van der Waals surface area contributed by atoms with Gasteiger partial charge in [-0.25, -0.2) is 9.88 Å². The summed E-state index contributed by atoms with van der Waals surface area (Å²) in [5, 5.41) is 12.2. The molecule has 1 aliphatic rings. The van der Waals surface area contributed by atoms with E-state index in [9.17, 15) is 28.7 Å². The molecular formula is C22H34ClFN3O9PS2. The fourth-order valence-corrected chi connectivity index (χ4v) is 6.74. The number of carbonyl (C=O) groups excluding carboxylic acids is 2. The van der Waals surface area contributed by atoms with Crippen molar-refractivity contribution in [1.82, 2.24) is 14.6 Å². The predicted octanol–water partition coefficient (Wildman–Crippen LogP) is 2.03. The lowest BCUT2D eigenvalue weighted by Crippen LogP contribution is -2.37. The number of aromatic amines is 1. The number of alkyl halides is 1. The Kier molecular flexibility index (Phi) is 12.3. The van der Waals surface area contributed by atoms with Crippen molar-refractivity contribution in [3.63, 3.8) is 0 Å². The summed E-state index contributed by atoms with van der Waals surface area (Å²) in [5.41, 5.74) is -2.74. The number of nitrogens with zero attached hydrogens (tertiary/aromatic N) is 1. The zero-order valence-corrected chi connectivity index (χ0v) is 25.6. The molecule has 0 saturated carbocycles. The molecule has 0 radical (unpaired) electrons. The summed E-state index contributed by atoms with van der Waals surface area (Å²) >= 11 is 12.9. The van der Waals surface area contributed by atoms with Crippen molar-refractivity contribution in [3.05, 3.63) is 32.9 Å². The number of hydrogen-bond donors (Lipinski definition) is 3. The van der Waals surface area contributed by atoms with Crippen LogP contribution in [0.5, 0.6) is 0 Å². The van der Waals surface area contributed by atoms with Gasteiger partial charge in [0.15, 0.2) is 11.3 Å². The number of ether oxygens (including phenoxy) is 2. The zero-order chi connectivity index (χ0) is 29.7. The molecule has 0 spiro atoms. The normalized spacial score (nSPS) is 23.9. The number of aromatic nitrogens is 2. The minimum Gasteiger partial charge on any atom is -0.462 e. The van der Waals surface area contributed by atoms with Gasteiger partial charge in [-0.15, -0.1) is 11.6 Å². The maximum atomic E-state index is 13.8. The molecular weight excluding hydrogens is 600 g/mol. The van der Waals surface area contributed by atoms with E-state index >= 15 is 0 Å². The quantitative estimate of drug-likeness (QED) is 0.133. The summed E-state index contributed by atoms with van der Waals surface area (Å²) in [7, 11) is 0. The third kappa shape index (κ3) is 9.72. The maximum absolute atomic E-state index is 13.8. The van der Waals surface area contributed by atoms with Gasteiger partial charge >= 0.3 is 11.7 Å². The molecule has 2 heterocycles. The molecule has 1 aliphatic heterocycles. The van der Waals surface area contributed by atoms with E-state index in [1.165, 1.54) is 6.92 Å². The molecule has 0 bridgehead atoms. The molecule has 0 aliphatic carbocycles. The highest BCUT2D eigenvalue weighted by molar-refractivity contribution is 8.13. The van der Waals surface area contributed by atoms with Gasteiger partial charge in [0.05, 0.1) is 25.5 Å². The average molecular weight is 634 g/mol. The molecule has 6 atom stereocenters. The standard InChI is InChI=1S/C22H34ClFN3O9PS2/c1-11(2)35-19(30)12(3)26-37(38,33-7-8-39-20(31)22(4,5)6)34-10-14-16(28)15(23)18(36-14)27-9-13(24)17(29)25-21(27)32/h9,11-12,14-16,18,28H,7-8,10H2,1-6H3,(H,26,38)(H,25,29,32)/t12-,14+,15-,16+,18+,37-/m0/s1. The molecule has 12 nitrogen and oxygen atoms in total. The number of H-pyrrole nitrogens is 1. The Labute approximate surface area is 239 Å². The molecule has 0 amide bonds. The minimum atomic E-state index is -3.44. The van der Waals surface area contributed by atoms with E-state index in [2.05, 4.69) is 5.09 Å². The minimum absolute atomic E-state index is 0.00357. The lowest BCUT2D eigenvalue weighted by Gasteiger charge is -2.28. The summed E-state index contributed by atoms with van der Waals surface area (Å²) in [4.78, 5) is 49.8. The van der Waals surface area contributed by atoms with Gasteiger partial charge in [-0.3, -0.25) is 23.9 Å². The van der Waals surface area contributed by atoms with Crippen LogP contribution in [-0.4, -0.2) is 74.4 Å². The molecule has 222 valence electrons. The Bertz CT molecular complexity index is 1190. The van der Waals surface area contributed by atoms with E-state index in [-0.39, 0.29) is 30.2 Å². The molecule has 1 fully saturated rings. The largest absolute Gasteiger partial charge is 0.462 e. The van der Waals surface area contributed by atoms with Crippen LogP contribution < -0.4 is 16.3 Å². The van der Waals surface area contributed by atoms with Crippen molar-refractivity contribution in [1.29, 1.82) is 0 Å². The molecule has 17 heteroatoms.